The van der Waals surface area contributed by atoms with E-state index in [1.165, 1.54) is 4.90 Å². The normalized spacial score (nSPS) is 27.1. The molecule has 0 aromatic carbocycles. The molecule has 1 N–H and O–H groups in total. The molecule has 114 valence electrons. The number of hydrogen-bond acceptors (Lipinski definition) is 2. The van der Waals surface area contributed by atoms with Crippen LogP contribution in [0.3, 0.4) is 0 Å². The van der Waals surface area contributed by atoms with Gasteiger partial charge < -0.3 is 10.2 Å². The summed E-state index contributed by atoms with van der Waals surface area (Å²) < 4.78 is 37.7. The van der Waals surface area contributed by atoms with E-state index in [0.717, 1.165) is 25.5 Å². The fraction of sp³-hybridized carbons (Fsp3) is 0.786. The molecule has 2 aliphatic rings. The highest BCUT2D eigenvalue weighted by Crippen LogP contribution is 2.33. The van der Waals surface area contributed by atoms with Crippen LogP contribution in [0.25, 0.3) is 0 Å². The average Bonchev–Trinajstić information content (AvgIpc) is 2.36. The number of rotatable bonds is 1. The van der Waals surface area contributed by atoms with Crippen LogP contribution in [-0.4, -0.2) is 42.7 Å². The lowest BCUT2D eigenvalue weighted by molar-refractivity contribution is -0.138. The predicted octanol–water partition coefficient (Wildman–Crippen LogP) is 2.49. The molecule has 0 saturated carbocycles. The average molecular weight is 290 g/mol. The maximum absolute atomic E-state index is 12.6. The molecule has 1 fully saturated rings. The Kier molecular flexibility index (Phi) is 4.14. The summed E-state index contributed by atoms with van der Waals surface area (Å²) in [5.41, 5.74) is -0.666. The summed E-state index contributed by atoms with van der Waals surface area (Å²) in [6, 6.07) is -0.294. The molecule has 1 unspecified atom stereocenters. The van der Waals surface area contributed by atoms with E-state index in [1.54, 1.807) is 0 Å². The van der Waals surface area contributed by atoms with Crippen molar-refractivity contribution in [1.29, 1.82) is 0 Å². The molecule has 0 bridgehead atoms. The zero-order valence-electron chi connectivity index (χ0n) is 11.9. The summed E-state index contributed by atoms with van der Waals surface area (Å²) in [5, 5.41) is 3.21. The Balaban J connectivity index is 2.03. The number of halogens is 3. The molecular formula is C14H21F3N2O. The van der Waals surface area contributed by atoms with Crippen LogP contribution in [0.15, 0.2) is 11.6 Å². The molecule has 2 heterocycles. The highest BCUT2D eigenvalue weighted by Gasteiger charge is 2.41. The number of nitrogens with one attached hydrogen (secondary N) is 1. The molecule has 1 saturated heterocycles. The van der Waals surface area contributed by atoms with E-state index < -0.39 is 11.7 Å². The van der Waals surface area contributed by atoms with Gasteiger partial charge in [-0.25, -0.2) is 0 Å². The highest BCUT2D eigenvalue weighted by atomic mass is 19.4. The molecule has 6 heteroatoms. The Morgan fingerprint density at radius 1 is 1.45 bits per heavy atom. The maximum atomic E-state index is 12.6. The molecule has 1 amide bonds. The van der Waals surface area contributed by atoms with E-state index in [1.807, 2.05) is 13.8 Å². The highest BCUT2D eigenvalue weighted by molar-refractivity contribution is 5.83. The molecule has 20 heavy (non-hydrogen) atoms. The van der Waals surface area contributed by atoms with Crippen molar-refractivity contribution in [2.75, 3.05) is 19.6 Å². The Morgan fingerprint density at radius 2 is 2.15 bits per heavy atom. The molecule has 0 radical (unpaired) electrons. The van der Waals surface area contributed by atoms with Gasteiger partial charge in [0.05, 0.1) is 6.04 Å². The van der Waals surface area contributed by atoms with Crippen molar-refractivity contribution >= 4 is 5.91 Å². The van der Waals surface area contributed by atoms with Gasteiger partial charge >= 0.3 is 6.18 Å². The van der Waals surface area contributed by atoms with Gasteiger partial charge in [-0.1, -0.05) is 19.9 Å². The molecule has 1 atom stereocenters. The number of carbonyl (C=O) groups is 1. The first-order valence-corrected chi connectivity index (χ1v) is 7.00. The second kappa shape index (κ2) is 5.39. The Labute approximate surface area is 117 Å². The van der Waals surface area contributed by atoms with Crippen LogP contribution in [0.4, 0.5) is 13.2 Å². The number of hydrogen-bond donors (Lipinski definition) is 1. The fourth-order valence-corrected chi connectivity index (χ4v) is 2.94. The second-order valence-corrected chi connectivity index (χ2v) is 6.24. The van der Waals surface area contributed by atoms with E-state index in [-0.39, 0.29) is 36.9 Å². The minimum absolute atomic E-state index is 0.0575. The lowest BCUT2D eigenvalue weighted by Gasteiger charge is -2.41. The van der Waals surface area contributed by atoms with Crippen LogP contribution in [-0.2, 0) is 4.79 Å². The summed E-state index contributed by atoms with van der Waals surface area (Å²) in [7, 11) is 0. The van der Waals surface area contributed by atoms with Crippen molar-refractivity contribution in [1.82, 2.24) is 10.2 Å². The van der Waals surface area contributed by atoms with Crippen molar-refractivity contribution in [2.24, 2.45) is 5.41 Å². The molecule has 0 spiro atoms. The minimum Gasteiger partial charge on any atom is -0.337 e. The lowest BCUT2D eigenvalue weighted by Crippen LogP contribution is -2.57. The largest absolute Gasteiger partial charge is 0.412 e. The number of nitrogens with zero attached hydrogens (tertiary/aromatic N) is 1. The Morgan fingerprint density at radius 3 is 2.65 bits per heavy atom. The van der Waals surface area contributed by atoms with Crippen LogP contribution in [0.1, 0.15) is 33.1 Å². The van der Waals surface area contributed by atoms with Crippen LogP contribution in [0, 0.1) is 5.41 Å². The summed E-state index contributed by atoms with van der Waals surface area (Å²) >= 11 is 0. The van der Waals surface area contributed by atoms with Crippen molar-refractivity contribution in [3.8, 4) is 0 Å². The predicted molar refractivity (Wildman–Crippen MR) is 70.1 cm³/mol. The number of amides is 1. The third kappa shape index (κ3) is 3.16. The van der Waals surface area contributed by atoms with Gasteiger partial charge in [0.2, 0.25) is 5.91 Å². The quantitative estimate of drug-likeness (QED) is 0.753. The Hall–Kier alpha value is -1.04. The zero-order valence-corrected chi connectivity index (χ0v) is 11.9. The molecule has 0 aliphatic carbocycles. The van der Waals surface area contributed by atoms with Gasteiger partial charge in [-0.3, -0.25) is 4.79 Å². The van der Waals surface area contributed by atoms with Crippen LogP contribution in [0.2, 0.25) is 0 Å². The van der Waals surface area contributed by atoms with Crippen molar-refractivity contribution < 1.29 is 18.0 Å². The third-order valence-electron chi connectivity index (χ3n) is 4.26. The maximum Gasteiger partial charge on any atom is 0.412 e. The molecule has 3 nitrogen and oxygen atoms in total. The topological polar surface area (TPSA) is 32.3 Å². The first-order valence-electron chi connectivity index (χ1n) is 7.00. The van der Waals surface area contributed by atoms with Gasteiger partial charge in [-0.05, 0) is 31.2 Å². The van der Waals surface area contributed by atoms with Gasteiger partial charge in [0, 0.05) is 18.7 Å². The molecule has 2 rings (SSSR count). The van der Waals surface area contributed by atoms with Crippen molar-refractivity contribution in [3.63, 3.8) is 0 Å². The molecule has 0 aromatic heterocycles. The van der Waals surface area contributed by atoms with Gasteiger partial charge in [-0.15, -0.1) is 0 Å². The summed E-state index contributed by atoms with van der Waals surface area (Å²) in [4.78, 5) is 14.0. The minimum atomic E-state index is -4.27. The van der Waals surface area contributed by atoms with Gasteiger partial charge in [0.25, 0.3) is 0 Å². The zero-order chi connectivity index (χ0) is 15.0. The molecule has 0 aromatic rings. The fourth-order valence-electron chi connectivity index (χ4n) is 2.94. The first kappa shape index (κ1) is 15.4. The summed E-state index contributed by atoms with van der Waals surface area (Å²) in [5.74, 6) is -0.0767. The standard InChI is InChI=1S/C14H21F3N2O/c1-13(2)6-3-7-18-11(13)12(20)19-8-4-10(5-9-19)14(15,16)17/h4,11,18H,3,5-9H2,1-2H3. The van der Waals surface area contributed by atoms with E-state index in [0.29, 0.717) is 0 Å². The van der Waals surface area contributed by atoms with Gasteiger partial charge in [-0.2, -0.15) is 13.2 Å². The van der Waals surface area contributed by atoms with Crippen molar-refractivity contribution in [2.45, 2.75) is 45.3 Å². The smallest absolute Gasteiger partial charge is 0.337 e. The number of alkyl halides is 3. The van der Waals surface area contributed by atoms with Gasteiger partial charge in [0.15, 0.2) is 0 Å². The monoisotopic (exact) mass is 290 g/mol. The van der Waals surface area contributed by atoms with Crippen LogP contribution >= 0.6 is 0 Å². The lowest BCUT2D eigenvalue weighted by atomic mass is 9.77. The van der Waals surface area contributed by atoms with Crippen LogP contribution in [0.5, 0.6) is 0 Å². The third-order valence-corrected chi connectivity index (χ3v) is 4.26. The Bertz CT molecular complexity index is 415. The van der Waals surface area contributed by atoms with E-state index in [4.69, 9.17) is 0 Å². The van der Waals surface area contributed by atoms with Gasteiger partial charge in [0.1, 0.15) is 0 Å². The SMILES string of the molecule is CC1(C)CCCNC1C(=O)N1CC=C(C(F)(F)F)CC1. The van der Waals surface area contributed by atoms with Crippen LogP contribution < -0.4 is 5.32 Å². The number of carbonyl (C=O) groups excluding carboxylic acids is 1. The van der Waals surface area contributed by atoms with E-state index in [9.17, 15) is 18.0 Å². The van der Waals surface area contributed by atoms with E-state index in [2.05, 4.69) is 5.32 Å². The molecule has 2 aliphatic heterocycles. The summed E-state index contributed by atoms with van der Waals surface area (Å²) in [6.45, 7) is 5.06. The summed E-state index contributed by atoms with van der Waals surface area (Å²) in [6.07, 6.45) is -1.26. The van der Waals surface area contributed by atoms with Crippen molar-refractivity contribution in [3.05, 3.63) is 11.6 Å². The number of piperidine rings is 1. The second-order valence-electron chi connectivity index (χ2n) is 6.24. The van der Waals surface area contributed by atoms with E-state index >= 15 is 0 Å². The molecular weight excluding hydrogens is 269 g/mol. The first-order chi connectivity index (χ1) is 9.22.